The van der Waals surface area contributed by atoms with Crippen LogP contribution in [-0.2, 0) is 4.79 Å². The maximum atomic E-state index is 13.9. The molecule has 0 fully saturated rings. The third kappa shape index (κ3) is 5.09. The van der Waals surface area contributed by atoms with Crippen LogP contribution in [0.25, 0.3) is 22.0 Å². The first-order valence-corrected chi connectivity index (χ1v) is 10.7. The lowest BCUT2D eigenvalue weighted by Gasteiger charge is -2.16. The van der Waals surface area contributed by atoms with E-state index < -0.39 is 0 Å². The van der Waals surface area contributed by atoms with Crippen LogP contribution in [0.3, 0.4) is 0 Å². The quantitative estimate of drug-likeness (QED) is 0.368. The molecule has 1 aromatic heterocycles. The Kier molecular flexibility index (Phi) is 6.22. The molecule has 4 rings (SSSR count). The predicted octanol–water partition coefficient (Wildman–Crippen LogP) is 6.23. The number of rotatable bonds is 6. The van der Waals surface area contributed by atoms with Gasteiger partial charge in [-0.3, -0.25) is 4.79 Å². The number of benzene rings is 3. The Bertz CT molecular complexity index is 1340. The van der Waals surface area contributed by atoms with Crippen molar-refractivity contribution in [3.8, 4) is 16.9 Å². The van der Waals surface area contributed by atoms with Gasteiger partial charge in [0.05, 0.1) is 11.6 Å². The molecule has 0 atom stereocenters. The van der Waals surface area contributed by atoms with Crippen molar-refractivity contribution in [2.45, 2.75) is 33.8 Å². The molecule has 7 heteroatoms. The van der Waals surface area contributed by atoms with Crippen molar-refractivity contribution in [2.75, 3.05) is 10.6 Å². The molecule has 1 heterocycles. The second-order valence-corrected chi connectivity index (χ2v) is 8.08. The highest BCUT2D eigenvalue weighted by atomic mass is 19.1. The molecule has 0 aliphatic rings. The van der Waals surface area contributed by atoms with Gasteiger partial charge < -0.3 is 15.4 Å². The number of hydrogen-bond donors (Lipinski definition) is 2. The van der Waals surface area contributed by atoms with Gasteiger partial charge in [-0.15, -0.1) is 0 Å². The highest BCUT2D eigenvalue weighted by molar-refractivity contribution is 5.95. The van der Waals surface area contributed by atoms with E-state index in [0.717, 1.165) is 33.5 Å². The molecule has 0 saturated carbocycles. The first-order valence-electron chi connectivity index (χ1n) is 10.7. The maximum absolute atomic E-state index is 13.9. The van der Waals surface area contributed by atoms with E-state index >= 15 is 0 Å². The van der Waals surface area contributed by atoms with Gasteiger partial charge in [0.25, 0.3) is 0 Å². The number of nitrogens with one attached hydrogen (secondary N) is 2. The molecule has 3 aromatic carbocycles. The SMILES string of the molecule is CC(=O)Nc1cc(Nc2ncc3cccc(-c4ccc(F)cc4OC(C)C)c3n2)ccc1C. The van der Waals surface area contributed by atoms with Crippen LogP contribution < -0.4 is 15.4 Å². The zero-order valence-corrected chi connectivity index (χ0v) is 18.9. The lowest BCUT2D eigenvalue weighted by molar-refractivity contribution is -0.114. The Morgan fingerprint density at radius 1 is 1.06 bits per heavy atom. The molecular weight excluding hydrogens is 419 g/mol. The van der Waals surface area contributed by atoms with Crippen molar-refractivity contribution in [1.29, 1.82) is 0 Å². The van der Waals surface area contributed by atoms with Crippen LogP contribution in [0.4, 0.5) is 21.7 Å². The van der Waals surface area contributed by atoms with Gasteiger partial charge in [-0.2, -0.15) is 0 Å². The van der Waals surface area contributed by atoms with Gasteiger partial charge in [0, 0.05) is 47.1 Å². The van der Waals surface area contributed by atoms with E-state index in [4.69, 9.17) is 9.72 Å². The zero-order valence-electron chi connectivity index (χ0n) is 18.9. The molecule has 0 unspecified atom stereocenters. The Morgan fingerprint density at radius 2 is 1.88 bits per heavy atom. The highest BCUT2D eigenvalue weighted by Gasteiger charge is 2.14. The van der Waals surface area contributed by atoms with E-state index in [0.29, 0.717) is 17.2 Å². The van der Waals surface area contributed by atoms with Gasteiger partial charge in [-0.1, -0.05) is 24.3 Å². The van der Waals surface area contributed by atoms with Crippen molar-refractivity contribution in [1.82, 2.24) is 9.97 Å². The van der Waals surface area contributed by atoms with Gasteiger partial charge in [-0.25, -0.2) is 14.4 Å². The second kappa shape index (κ2) is 9.24. The molecular formula is C26H25FN4O2. The van der Waals surface area contributed by atoms with E-state index in [1.165, 1.54) is 19.1 Å². The minimum absolute atomic E-state index is 0.105. The molecule has 33 heavy (non-hydrogen) atoms. The summed E-state index contributed by atoms with van der Waals surface area (Å²) in [6.07, 6.45) is 1.63. The highest BCUT2D eigenvalue weighted by Crippen LogP contribution is 2.36. The number of aromatic nitrogens is 2. The topological polar surface area (TPSA) is 76.1 Å². The van der Waals surface area contributed by atoms with E-state index in [1.807, 2.05) is 57.2 Å². The minimum Gasteiger partial charge on any atom is -0.490 e. The average molecular weight is 445 g/mol. The Labute approximate surface area is 191 Å². The molecule has 0 spiro atoms. The number of carbonyl (C=O) groups excluding carboxylic acids is 1. The van der Waals surface area contributed by atoms with Gasteiger partial charge in [0.2, 0.25) is 11.9 Å². The van der Waals surface area contributed by atoms with Crippen LogP contribution in [0.2, 0.25) is 0 Å². The monoisotopic (exact) mass is 444 g/mol. The molecule has 0 bridgehead atoms. The molecule has 168 valence electrons. The Morgan fingerprint density at radius 3 is 2.64 bits per heavy atom. The van der Waals surface area contributed by atoms with Crippen molar-refractivity contribution < 1.29 is 13.9 Å². The Hall–Kier alpha value is -4.00. The van der Waals surface area contributed by atoms with Gasteiger partial charge in [0.15, 0.2) is 0 Å². The molecule has 0 radical (unpaired) electrons. The van der Waals surface area contributed by atoms with Crippen LogP contribution in [0.5, 0.6) is 5.75 Å². The number of fused-ring (bicyclic) bond motifs is 1. The fraction of sp³-hybridized carbons (Fsp3) is 0.192. The van der Waals surface area contributed by atoms with Crippen LogP contribution in [-0.4, -0.2) is 22.0 Å². The molecule has 4 aromatic rings. The van der Waals surface area contributed by atoms with Crippen LogP contribution in [0.15, 0.2) is 60.8 Å². The van der Waals surface area contributed by atoms with Gasteiger partial charge in [0.1, 0.15) is 11.6 Å². The summed E-state index contributed by atoms with van der Waals surface area (Å²) in [5.41, 5.74) is 4.69. The third-order valence-electron chi connectivity index (χ3n) is 5.01. The third-order valence-corrected chi connectivity index (χ3v) is 5.01. The van der Waals surface area contributed by atoms with Crippen LogP contribution in [0, 0.1) is 12.7 Å². The normalized spacial score (nSPS) is 11.0. The summed E-state index contributed by atoms with van der Waals surface area (Å²) in [4.78, 5) is 20.7. The average Bonchev–Trinajstić information content (AvgIpc) is 2.75. The molecule has 2 N–H and O–H groups in total. The summed E-state index contributed by atoms with van der Waals surface area (Å²) < 4.78 is 19.8. The number of aryl methyl sites for hydroxylation is 1. The van der Waals surface area contributed by atoms with E-state index in [-0.39, 0.29) is 17.8 Å². The van der Waals surface area contributed by atoms with E-state index in [2.05, 4.69) is 15.6 Å². The molecule has 0 saturated heterocycles. The van der Waals surface area contributed by atoms with Crippen molar-refractivity contribution >= 4 is 34.1 Å². The van der Waals surface area contributed by atoms with E-state index in [1.54, 1.807) is 12.3 Å². The first-order chi connectivity index (χ1) is 15.8. The lowest BCUT2D eigenvalue weighted by Crippen LogP contribution is -2.08. The fourth-order valence-corrected chi connectivity index (χ4v) is 3.56. The molecule has 0 aliphatic heterocycles. The summed E-state index contributed by atoms with van der Waals surface area (Å²) in [6, 6.07) is 15.9. The largest absolute Gasteiger partial charge is 0.490 e. The first kappa shape index (κ1) is 22.2. The zero-order chi connectivity index (χ0) is 23.5. The number of nitrogens with zero attached hydrogens (tertiary/aromatic N) is 2. The Balaban J connectivity index is 1.76. The number of carbonyl (C=O) groups is 1. The van der Waals surface area contributed by atoms with Crippen molar-refractivity contribution in [2.24, 2.45) is 0 Å². The minimum atomic E-state index is -0.360. The maximum Gasteiger partial charge on any atom is 0.227 e. The van der Waals surface area contributed by atoms with Gasteiger partial charge >= 0.3 is 0 Å². The summed E-state index contributed by atoms with van der Waals surface area (Å²) in [5.74, 6) is 0.367. The summed E-state index contributed by atoms with van der Waals surface area (Å²) in [7, 11) is 0. The van der Waals surface area contributed by atoms with Gasteiger partial charge in [-0.05, 0) is 50.6 Å². The van der Waals surface area contributed by atoms with Crippen LogP contribution in [0.1, 0.15) is 26.3 Å². The molecule has 6 nitrogen and oxygen atoms in total. The predicted molar refractivity (Wildman–Crippen MR) is 129 cm³/mol. The summed E-state index contributed by atoms with van der Waals surface area (Å²) >= 11 is 0. The fourth-order valence-electron chi connectivity index (χ4n) is 3.56. The number of ether oxygens (including phenoxy) is 1. The number of hydrogen-bond acceptors (Lipinski definition) is 5. The second-order valence-electron chi connectivity index (χ2n) is 8.08. The molecule has 0 aliphatic carbocycles. The molecule has 1 amide bonds. The number of anilines is 3. The smallest absolute Gasteiger partial charge is 0.227 e. The number of halogens is 1. The summed E-state index contributed by atoms with van der Waals surface area (Å²) in [5, 5.41) is 6.88. The number of para-hydroxylation sites is 1. The van der Waals surface area contributed by atoms with Crippen molar-refractivity contribution in [3.63, 3.8) is 0 Å². The lowest BCUT2D eigenvalue weighted by atomic mass is 10.0. The number of amides is 1. The van der Waals surface area contributed by atoms with E-state index in [9.17, 15) is 9.18 Å². The van der Waals surface area contributed by atoms with Crippen LogP contribution >= 0.6 is 0 Å². The summed E-state index contributed by atoms with van der Waals surface area (Å²) in [6.45, 7) is 7.20. The standard InChI is InChI=1S/C26H25FN4O2/c1-15(2)33-24-12-19(27)9-11-21(24)22-7-5-6-18-14-28-26(31-25(18)22)30-20-10-8-16(3)23(13-20)29-17(4)32/h5-15H,1-4H3,(H,29,32)(H,28,30,31). The van der Waals surface area contributed by atoms with Crippen molar-refractivity contribution in [3.05, 3.63) is 72.2 Å².